The van der Waals surface area contributed by atoms with Crippen LogP contribution in [0.5, 0.6) is 0 Å². The summed E-state index contributed by atoms with van der Waals surface area (Å²) in [7, 11) is 1.77. The van der Waals surface area contributed by atoms with Gasteiger partial charge >= 0.3 is 5.97 Å². The van der Waals surface area contributed by atoms with Gasteiger partial charge in [0.05, 0.1) is 12.7 Å². The van der Waals surface area contributed by atoms with E-state index in [1.165, 1.54) is 0 Å². The van der Waals surface area contributed by atoms with Crippen LogP contribution in [0.25, 0.3) is 0 Å². The van der Waals surface area contributed by atoms with E-state index in [2.05, 4.69) is 24.1 Å². The molecule has 0 radical (unpaired) electrons. The fourth-order valence-corrected chi connectivity index (χ4v) is 3.49. The first kappa shape index (κ1) is 14.8. The predicted octanol–water partition coefficient (Wildman–Crippen LogP) is 1.08. The minimum atomic E-state index is -0.746. The molecule has 4 unspecified atom stereocenters. The molecule has 0 amide bonds. The van der Waals surface area contributed by atoms with Gasteiger partial charge in [0.15, 0.2) is 0 Å². The quantitative estimate of drug-likeness (QED) is 0.803. The van der Waals surface area contributed by atoms with Crippen LogP contribution in [-0.4, -0.2) is 59.9 Å². The maximum absolute atomic E-state index is 11.6. The summed E-state index contributed by atoms with van der Waals surface area (Å²) in [6, 6.07) is 0.723. The van der Waals surface area contributed by atoms with E-state index in [0.717, 1.165) is 32.4 Å². The van der Waals surface area contributed by atoms with E-state index in [9.17, 15) is 9.90 Å². The lowest BCUT2D eigenvalue weighted by atomic mass is 9.78. The molecule has 110 valence electrons. The van der Waals surface area contributed by atoms with E-state index in [4.69, 9.17) is 4.74 Å². The lowest BCUT2D eigenvalue weighted by Crippen LogP contribution is -2.60. The number of aliphatic carboxylic acids is 1. The highest BCUT2D eigenvalue weighted by atomic mass is 16.5. The van der Waals surface area contributed by atoms with Crippen LogP contribution in [0.3, 0.4) is 0 Å². The van der Waals surface area contributed by atoms with Gasteiger partial charge in [0.25, 0.3) is 0 Å². The lowest BCUT2D eigenvalue weighted by Gasteiger charge is -2.47. The van der Waals surface area contributed by atoms with E-state index in [-0.39, 0.29) is 6.10 Å². The van der Waals surface area contributed by atoms with Crippen molar-refractivity contribution in [2.75, 3.05) is 20.2 Å². The molecule has 0 aromatic carbocycles. The van der Waals surface area contributed by atoms with Crippen LogP contribution in [0.2, 0.25) is 0 Å². The van der Waals surface area contributed by atoms with Gasteiger partial charge in [0, 0.05) is 18.6 Å². The number of hydrogen-bond acceptors (Lipinski definition) is 4. The first-order chi connectivity index (χ1) is 8.98. The van der Waals surface area contributed by atoms with Crippen LogP contribution in [0.15, 0.2) is 0 Å². The number of morpholine rings is 1. The maximum atomic E-state index is 11.6. The number of carboxylic acid groups (broad SMARTS) is 1. The third-order valence-corrected chi connectivity index (χ3v) is 4.74. The summed E-state index contributed by atoms with van der Waals surface area (Å²) in [4.78, 5) is 14.0. The van der Waals surface area contributed by atoms with Gasteiger partial charge < -0.3 is 15.2 Å². The zero-order valence-electron chi connectivity index (χ0n) is 12.2. The third kappa shape index (κ3) is 2.93. The standard InChI is InChI=1S/C14H26N2O3/c1-10-9-19-11(2)8-16(10)12-5-4-6-14(7-12,15-3)13(17)18/h10-12,15H,4-9H2,1-3H3,(H,17,18). The Morgan fingerprint density at radius 1 is 1.47 bits per heavy atom. The molecule has 0 bridgehead atoms. The summed E-state index contributed by atoms with van der Waals surface area (Å²) < 4.78 is 5.66. The molecule has 1 aliphatic heterocycles. The Kier molecular flexibility index (Phi) is 4.48. The van der Waals surface area contributed by atoms with E-state index in [1.807, 2.05) is 0 Å². The normalized spacial score (nSPS) is 41.1. The number of rotatable bonds is 3. The monoisotopic (exact) mass is 270 g/mol. The maximum Gasteiger partial charge on any atom is 0.323 e. The Morgan fingerprint density at radius 2 is 2.21 bits per heavy atom. The largest absolute Gasteiger partial charge is 0.480 e. The molecule has 5 heteroatoms. The number of nitrogens with zero attached hydrogens (tertiary/aromatic N) is 1. The van der Waals surface area contributed by atoms with Crippen molar-refractivity contribution in [3.63, 3.8) is 0 Å². The van der Waals surface area contributed by atoms with Crippen molar-refractivity contribution < 1.29 is 14.6 Å². The first-order valence-corrected chi connectivity index (χ1v) is 7.28. The van der Waals surface area contributed by atoms with Crippen LogP contribution in [0, 0.1) is 0 Å². The van der Waals surface area contributed by atoms with Crippen molar-refractivity contribution in [1.29, 1.82) is 0 Å². The van der Waals surface area contributed by atoms with Crippen LogP contribution < -0.4 is 5.32 Å². The molecule has 5 nitrogen and oxygen atoms in total. The smallest absolute Gasteiger partial charge is 0.323 e. The van der Waals surface area contributed by atoms with Crippen molar-refractivity contribution in [2.24, 2.45) is 0 Å². The first-order valence-electron chi connectivity index (χ1n) is 7.28. The number of carboxylic acids is 1. The third-order valence-electron chi connectivity index (χ3n) is 4.74. The average Bonchev–Trinajstić information content (AvgIpc) is 2.41. The molecule has 2 N–H and O–H groups in total. The van der Waals surface area contributed by atoms with Gasteiger partial charge in [-0.05, 0) is 46.6 Å². The average molecular weight is 270 g/mol. The zero-order valence-corrected chi connectivity index (χ0v) is 12.2. The number of nitrogens with one attached hydrogen (secondary N) is 1. The fraction of sp³-hybridized carbons (Fsp3) is 0.929. The van der Waals surface area contributed by atoms with Crippen molar-refractivity contribution in [3.05, 3.63) is 0 Å². The topological polar surface area (TPSA) is 61.8 Å². The molecule has 2 rings (SSSR count). The van der Waals surface area contributed by atoms with Crippen LogP contribution in [0.1, 0.15) is 39.5 Å². The fourth-order valence-electron chi connectivity index (χ4n) is 3.49. The molecule has 0 aromatic heterocycles. The summed E-state index contributed by atoms with van der Waals surface area (Å²) in [6.45, 7) is 5.91. The Morgan fingerprint density at radius 3 is 2.84 bits per heavy atom. The molecular weight excluding hydrogens is 244 g/mol. The van der Waals surface area contributed by atoms with Gasteiger partial charge in [0.2, 0.25) is 0 Å². The number of carbonyl (C=O) groups is 1. The van der Waals surface area contributed by atoms with Gasteiger partial charge in [-0.2, -0.15) is 0 Å². The molecule has 1 aliphatic carbocycles. The Hall–Kier alpha value is -0.650. The molecule has 2 fully saturated rings. The van der Waals surface area contributed by atoms with Gasteiger partial charge in [0.1, 0.15) is 5.54 Å². The molecule has 1 heterocycles. The second kappa shape index (κ2) is 5.77. The number of hydrogen-bond donors (Lipinski definition) is 2. The number of likely N-dealkylation sites (N-methyl/N-ethyl adjacent to an activating group) is 1. The second-order valence-electron chi connectivity index (χ2n) is 6.08. The summed E-state index contributed by atoms with van der Waals surface area (Å²) in [6.07, 6.45) is 3.72. The Balaban J connectivity index is 2.09. The van der Waals surface area contributed by atoms with Crippen LogP contribution >= 0.6 is 0 Å². The Bertz CT molecular complexity index is 337. The van der Waals surface area contributed by atoms with E-state index >= 15 is 0 Å². The SMILES string of the molecule is CNC1(C(=O)O)CCCC(N2CC(C)OCC2C)C1. The van der Waals surface area contributed by atoms with E-state index in [0.29, 0.717) is 18.5 Å². The van der Waals surface area contributed by atoms with Crippen LogP contribution in [0.4, 0.5) is 0 Å². The highest BCUT2D eigenvalue weighted by Gasteiger charge is 2.44. The van der Waals surface area contributed by atoms with Crippen molar-refractivity contribution in [2.45, 2.75) is 63.3 Å². The predicted molar refractivity (Wildman–Crippen MR) is 73.3 cm³/mol. The summed E-state index contributed by atoms with van der Waals surface area (Å²) in [5.41, 5.74) is -0.746. The number of ether oxygens (including phenoxy) is 1. The molecule has 2 aliphatic rings. The van der Waals surface area contributed by atoms with Crippen molar-refractivity contribution >= 4 is 5.97 Å². The van der Waals surface area contributed by atoms with E-state index < -0.39 is 11.5 Å². The van der Waals surface area contributed by atoms with Crippen LogP contribution in [-0.2, 0) is 9.53 Å². The minimum absolute atomic E-state index is 0.243. The molecule has 0 spiro atoms. The summed E-state index contributed by atoms with van der Waals surface area (Å²) >= 11 is 0. The zero-order chi connectivity index (χ0) is 14.0. The molecule has 4 atom stereocenters. The van der Waals surface area contributed by atoms with Gasteiger partial charge in [-0.25, -0.2) is 0 Å². The highest BCUT2D eigenvalue weighted by molar-refractivity contribution is 5.79. The lowest BCUT2D eigenvalue weighted by molar-refractivity contribution is -0.148. The van der Waals surface area contributed by atoms with Gasteiger partial charge in [-0.15, -0.1) is 0 Å². The molecular formula is C14H26N2O3. The summed E-state index contributed by atoms with van der Waals surface area (Å²) in [5.74, 6) is -0.714. The van der Waals surface area contributed by atoms with Crippen molar-refractivity contribution in [3.8, 4) is 0 Å². The minimum Gasteiger partial charge on any atom is -0.480 e. The van der Waals surface area contributed by atoms with Gasteiger partial charge in [-0.1, -0.05) is 0 Å². The molecule has 1 saturated carbocycles. The van der Waals surface area contributed by atoms with Crippen molar-refractivity contribution in [1.82, 2.24) is 10.2 Å². The Labute approximate surface area is 115 Å². The molecule has 19 heavy (non-hydrogen) atoms. The summed E-state index contributed by atoms with van der Waals surface area (Å²) in [5, 5.41) is 12.6. The second-order valence-corrected chi connectivity index (χ2v) is 6.08. The highest BCUT2D eigenvalue weighted by Crippen LogP contribution is 2.33. The van der Waals surface area contributed by atoms with E-state index in [1.54, 1.807) is 7.05 Å². The molecule has 0 aromatic rings. The molecule has 1 saturated heterocycles. The van der Waals surface area contributed by atoms with Gasteiger partial charge in [-0.3, -0.25) is 9.69 Å².